The fraction of sp³-hybridized carbons (Fsp3) is 0.200. The summed E-state index contributed by atoms with van der Waals surface area (Å²) >= 11 is 0. The van der Waals surface area contributed by atoms with E-state index in [-0.39, 0.29) is 0 Å². The lowest BCUT2D eigenvalue weighted by molar-refractivity contribution is 0.713. The summed E-state index contributed by atoms with van der Waals surface area (Å²) in [5.41, 5.74) is 0.565. The van der Waals surface area contributed by atoms with Gasteiger partial charge in [0.15, 0.2) is 0 Å². The Kier molecular flexibility index (Phi) is 2.38. The summed E-state index contributed by atoms with van der Waals surface area (Å²) in [6.45, 7) is 4.97. The Morgan fingerprint density at radius 2 is 2.33 bits per heavy atom. The van der Waals surface area contributed by atoms with E-state index in [9.17, 15) is 4.39 Å². The third kappa shape index (κ3) is 1.70. The van der Waals surface area contributed by atoms with E-state index in [0.717, 1.165) is 0 Å². The summed E-state index contributed by atoms with van der Waals surface area (Å²) in [4.78, 5) is 0. The number of halogens is 1. The van der Waals surface area contributed by atoms with Crippen LogP contribution in [0.25, 0.3) is 0 Å². The van der Waals surface area contributed by atoms with Crippen molar-refractivity contribution in [2.24, 2.45) is 0 Å². The van der Waals surface area contributed by atoms with Crippen LogP contribution in [0.5, 0.6) is 0 Å². The quantitative estimate of drug-likeness (QED) is 0.428. The second-order valence-corrected chi connectivity index (χ2v) is 1.06. The predicted octanol–water partition coefficient (Wildman–Crippen LogP) is 2.05. The number of rotatable bonds is 1. The van der Waals surface area contributed by atoms with Crippen LogP contribution in [-0.2, 0) is 0 Å². The molecule has 0 saturated heterocycles. The van der Waals surface area contributed by atoms with Crippen molar-refractivity contribution in [3.63, 3.8) is 0 Å². The minimum Gasteiger partial charge on any atom is -0.215 e. The number of allylic oxidation sites excluding steroid dienone is 2. The molecule has 0 radical (unpaired) electrons. The van der Waals surface area contributed by atoms with E-state index in [1.807, 2.05) is 0 Å². The summed E-state index contributed by atoms with van der Waals surface area (Å²) in [6.07, 6.45) is 1.98. The van der Waals surface area contributed by atoms with Crippen molar-refractivity contribution < 1.29 is 4.39 Å². The van der Waals surface area contributed by atoms with Crippen LogP contribution in [0.15, 0.2) is 24.6 Å². The van der Waals surface area contributed by atoms with Crippen LogP contribution in [0.2, 0.25) is 0 Å². The molecular formula is C5H7F. The van der Waals surface area contributed by atoms with Gasteiger partial charge >= 0.3 is 0 Å². The fourth-order valence-electron chi connectivity index (χ4n) is 0.0445. The number of hydrogen-bond acceptors (Lipinski definition) is 0. The van der Waals surface area contributed by atoms with Crippen LogP contribution in [0.3, 0.4) is 0 Å². The summed E-state index contributed by atoms with van der Waals surface area (Å²) in [6, 6.07) is 0. The smallest absolute Gasteiger partial charge is 0.0895 e. The fourth-order valence-corrected chi connectivity index (χ4v) is 0.0445. The molecule has 0 atom stereocenters. The van der Waals surface area contributed by atoms with Gasteiger partial charge in [-0.3, -0.25) is 0 Å². The van der Waals surface area contributed by atoms with Crippen LogP contribution in [0.1, 0.15) is 6.92 Å². The zero-order valence-electron chi connectivity index (χ0n) is 3.74. The van der Waals surface area contributed by atoms with Gasteiger partial charge in [-0.25, -0.2) is 4.39 Å². The maximum Gasteiger partial charge on any atom is 0.0895 e. The molecule has 0 fully saturated rings. The standard InChI is InChI=1S/C5H7F/c1-3-5(2)4-6/h3-4H,1H2,2H3. The average molecular weight is 86.1 g/mol. The molecule has 0 nitrogen and oxygen atoms in total. The zero-order valence-corrected chi connectivity index (χ0v) is 3.74. The molecule has 0 rings (SSSR count). The Labute approximate surface area is 37.0 Å². The summed E-state index contributed by atoms with van der Waals surface area (Å²) in [5, 5.41) is 0. The van der Waals surface area contributed by atoms with Crippen molar-refractivity contribution in [1.82, 2.24) is 0 Å². The monoisotopic (exact) mass is 86.1 g/mol. The van der Waals surface area contributed by atoms with E-state index >= 15 is 0 Å². The molecule has 0 saturated carbocycles. The molecule has 6 heavy (non-hydrogen) atoms. The third-order valence-electron chi connectivity index (χ3n) is 0.494. The molecular weight excluding hydrogens is 79.1 g/mol. The van der Waals surface area contributed by atoms with E-state index < -0.39 is 0 Å². The largest absolute Gasteiger partial charge is 0.215 e. The second-order valence-electron chi connectivity index (χ2n) is 1.06. The molecule has 0 heterocycles. The topological polar surface area (TPSA) is 0 Å². The van der Waals surface area contributed by atoms with Crippen LogP contribution < -0.4 is 0 Å². The molecule has 1 heteroatoms. The van der Waals surface area contributed by atoms with E-state index in [2.05, 4.69) is 6.58 Å². The van der Waals surface area contributed by atoms with E-state index in [1.165, 1.54) is 6.08 Å². The first-order valence-electron chi connectivity index (χ1n) is 1.70. The highest BCUT2D eigenvalue weighted by molar-refractivity contribution is 5.08. The average Bonchev–Trinajstić information content (AvgIpc) is 1.65. The third-order valence-corrected chi connectivity index (χ3v) is 0.494. The van der Waals surface area contributed by atoms with Crippen molar-refractivity contribution in [3.8, 4) is 0 Å². The highest BCUT2D eigenvalue weighted by Crippen LogP contribution is 1.89. The van der Waals surface area contributed by atoms with Gasteiger partial charge < -0.3 is 0 Å². The van der Waals surface area contributed by atoms with Crippen LogP contribution >= 0.6 is 0 Å². The SMILES string of the molecule is C=CC(C)=CF. The van der Waals surface area contributed by atoms with E-state index in [4.69, 9.17) is 0 Å². The van der Waals surface area contributed by atoms with Gasteiger partial charge in [-0.05, 0) is 12.5 Å². The molecule has 0 unspecified atom stereocenters. The first-order chi connectivity index (χ1) is 2.81. The molecule has 0 aliphatic carbocycles. The number of hydrogen-bond donors (Lipinski definition) is 0. The molecule has 0 aromatic heterocycles. The van der Waals surface area contributed by atoms with Crippen LogP contribution in [-0.4, -0.2) is 0 Å². The Hall–Kier alpha value is -0.590. The minimum absolute atomic E-state index is 0.521. The van der Waals surface area contributed by atoms with Gasteiger partial charge in [0.2, 0.25) is 0 Å². The summed E-state index contributed by atoms with van der Waals surface area (Å²) in [7, 11) is 0. The molecule has 0 N–H and O–H groups in total. The molecule has 0 aromatic carbocycles. The van der Waals surface area contributed by atoms with Gasteiger partial charge in [0, 0.05) is 0 Å². The highest BCUT2D eigenvalue weighted by atomic mass is 19.1. The Morgan fingerprint density at radius 1 is 1.83 bits per heavy atom. The Balaban J connectivity index is 3.50. The van der Waals surface area contributed by atoms with Crippen molar-refractivity contribution in [2.75, 3.05) is 0 Å². The predicted molar refractivity (Wildman–Crippen MR) is 25.1 cm³/mol. The lowest BCUT2D eigenvalue weighted by Crippen LogP contribution is -1.55. The maximum atomic E-state index is 11.2. The minimum atomic E-state index is 0.521. The molecule has 0 aliphatic heterocycles. The highest BCUT2D eigenvalue weighted by Gasteiger charge is 1.70. The van der Waals surface area contributed by atoms with E-state index in [1.54, 1.807) is 6.92 Å². The van der Waals surface area contributed by atoms with E-state index in [0.29, 0.717) is 11.9 Å². The lowest BCUT2D eigenvalue weighted by Gasteiger charge is -1.75. The summed E-state index contributed by atoms with van der Waals surface area (Å²) < 4.78 is 11.2. The normalized spacial score (nSPS) is 11.3. The second kappa shape index (κ2) is 2.64. The molecule has 0 spiro atoms. The van der Waals surface area contributed by atoms with Crippen LogP contribution in [0, 0.1) is 0 Å². The first-order valence-corrected chi connectivity index (χ1v) is 1.70. The van der Waals surface area contributed by atoms with Gasteiger partial charge in [-0.2, -0.15) is 0 Å². The van der Waals surface area contributed by atoms with Crippen molar-refractivity contribution >= 4 is 0 Å². The molecule has 0 amide bonds. The molecule has 0 aromatic rings. The van der Waals surface area contributed by atoms with Gasteiger partial charge in [0.25, 0.3) is 0 Å². The van der Waals surface area contributed by atoms with Crippen molar-refractivity contribution in [3.05, 3.63) is 24.6 Å². The molecule has 34 valence electrons. The Morgan fingerprint density at radius 3 is 2.33 bits per heavy atom. The van der Waals surface area contributed by atoms with Gasteiger partial charge in [-0.15, -0.1) is 0 Å². The lowest BCUT2D eigenvalue weighted by atomic mass is 10.4. The molecule has 0 bridgehead atoms. The van der Waals surface area contributed by atoms with Gasteiger partial charge in [-0.1, -0.05) is 12.7 Å². The zero-order chi connectivity index (χ0) is 4.99. The van der Waals surface area contributed by atoms with Crippen molar-refractivity contribution in [1.29, 1.82) is 0 Å². The molecule has 0 aliphatic rings. The van der Waals surface area contributed by atoms with Gasteiger partial charge in [0.1, 0.15) is 0 Å². The maximum absolute atomic E-state index is 11.2. The van der Waals surface area contributed by atoms with Crippen LogP contribution in [0.4, 0.5) is 4.39 Å². The van der Waals surface area contributed by atoms with Gasteiger partial charge in [0.05, 0.1) is 6.33 Å². The Bertz CT molecular complexity index is 72.0. The van der Waals surface area contributed by atoms with Crippen molar-refractivity contribution in [2.45, 2.75) is 6.92 Å². The summed E-state index contributed by atoms with van der Waals surface area (Å²) in [5.74, 6) is 0. The first kappa shape index (κ1) is 5.41.